The molecular weight excluding hydrogens is 260 g/mol. The van der Waals surface area contributed by atoms with Crippen molar-refractivity contribution < 1.29 is 19.1 Å². The van der Waals surface area contributed by atoms with E-state index in [9.17, 15) is 9.59 Å². The van der Waals surface area contributed by atoms with Crippen LogP contribution >= 0.6 is 0 Å². The van der Waals surface area contributed by atoms with E-state index in [2.05, 4.69) is 9.80 Å². The minimum absolute atomic E-state index is 0.262. The monoisotopic (exact) mass is 286 g/mol. The van der Waals surface area contributed by atoms with Crippen molar-refractivity contribution >= 4 is 11.9 Å². The lowest BCUT2D eigenvalue weighted by Gasteiger charge is -2.44. The molecule has 0 bridgehead atoms. The molecule has 0 saturated carbocycles. The zero-order valence-electron chi connectivity index (χ0n) is 13.0. The van der Waals surface area contributed by atoms with Crippen molar-refractivity contribution in [1.82, 2.24) is 9.80 Å². The van der Waals surface area contributed by atoms with Gasteiger partial charge in [-0.2, -0.15) is 0 Å². The molecule has 1 aliphatic heterocycles. The largest absolute Gasteiger partial charge is 0.465 e. The Kier molecular flexibility index (Phi) is 6.42. The zero-order chi connectivity index (χ0) is 15.2. The summed E-state index contributed by atoms with van der Waals surface area (Å²) in [6.45, 7) is 11.1. The van der Waals surface area contributed by atoms with E-state index in [0.717, 1.165) is 19.8 Å². The molecule has 0 spiro atoms. The smallest absolute Gasteiger partial charge is 0.326 e. The Morgan fingerprint density at radius 3 is 1.60 bits per heavy atom. The summed E-state index contributed by atoms with van der Waals surface area (Å²) in [5.41, 5.74) is -1.23. The average molecular weight is 286 g/mol. The van der Waals surface area contributed by atoms with Crippen molar-refractivity contribution in [2.24, 2.45) is 5.41 Å². The number of ether oxygens (including phenoxy) is 2. The third-order valence-electron chi connectivity index (χ3n) is 3.61. The topological polar surface area (TPSA) is 59.1 Å². The van der Waals surface area contributed by atoms with Gasteiger partial charge in [-0.25, -0.2) is 0 Å². The van der Waals surface area contributed by atoms with E-state index in [4.69, 9.17) is 9.47 Å². The molecule has 0 aromatic carbocycles. The second kappa shape index (κ2) is 7.59. The first-order chi connectivity index (χ1) is 9.53. The molecule has 1 fully saturated rings. The lowest BCUT2D eigenvalue weighted by molar-refractivity contribution is -0.180. The van der Waals surface area contributed by atoms with Crippen LogP contribution < -0.4 is 0 Å². The third-order valence-corrected chi connectivity index (χ3v) is 3.61. The van der Waals surface area contributed by atoms with Crippen LogP contribution in [-0.4, -0.2) is 67.8 Å². The van der Waals surface area contributed by atoms with Crippen molar-refractivity contribution in [3.05, 3.63) is 0 Å². The van der Waals surface area contributed by atoms with Gasteiger partial charge in [0.1, 0.15) is 0 Å². The van der Waals surface area contributed by atoms with Gasteiger partial charge in [0.05, 0.1) is 19.9 Å². The van der Waals surface area contributed by atoms with Crippen LogP contribution in [0.25, 0.3) is 0 Å². The minimum Gasteiger partial charge on any atom is -0.465 e. The van der Waals surface area contributed by atoms with Crippen LogP contribution in [0.4, 0.5) is 0 Å². The van der Waals surface area contributed by atoms with E-state index in [1.54, 1.807) is 13.8 Å². The molecule has 0 amide bonds. The molecule has 0 radical (unpaired) electrons. The molecule has 6 heteroatoms. The minimum atomic E-state index is -1.23. The average Bonchev–Trinajstić information content (AvgIpc) is 2.46. The highest BCUT2D eigenvalue weighted by Gasteiger charge is 2.53. The molecular formula is C14H26N2O4. The van der Waals surface area contributed by atoms with Gasteiger partial charge in [0.15, 0.2) is 5.41 Å². The van der Waals surface area contributed by atoms with Gasteiger partial charge >= 0.3 is 11.9 Å². The first-order valence-corrected chi connectivity index (χ1v) is 7.33. The van der Waals surface area contributed by atoms with Gasteiger partial charge in [0, 0.05) is 13.1 Å². The maximum atomic E-state index is 12.4. The molecule has 0 unspecified atom stereocenters. The first-order valence-electron chi connectivity index (χ1n) is 7.33. The highest BCUT2D eigenvalue weighted by molar-refractivity contribution is 6.01. The predicted octanol–water partition coefficient (Wildman–Crippen LogP) is 0.714. The Labute approximate surface area is 121 Å². The van der Waals surface area contributed by atoms with E-state index >= 15 is 0 Å². The fraction of sp³-hybridized carbons (Fsp3) is 0.857. The van der Waals surface area contributed by atoms with Gasteiger partial charge in [0.2, 0.25) is 0 Å². The van der Waals surface area contributed by atoms with Crippen LogP contribution in [-0.2, 0) is 19.1 Å². The molecule has 0 atom stereocenters. The summed E-state index contributed by atoms with van der Waals surface area (Å²) < 4.78 is 10.3. The van der Waals surface area contributed by atoms with Crippen molar-refractivity contribution in [1.29, 1.82) is 0 Å². The normalized spacial score (nSPS) is 19.6. The van der Waals surface area contributed by atoms with E-state index in [-0.39, 0.29) is 13.2 Å². The van der Waals surface area contributed by atoms with Gasteiger partial charge in [-0.05, 0) is 26.9 Å². The lowest BCUT2D eigenvalue weighted by Crippen LogP contribution is -2.62. The number of hydrogen-bond acceptors (Lipinski definition) is 6. The number of carbonyl (C=O) groups excluding carboxylic acids is 2. The Morgan fingerprint density at radius 2 is 1.30 bits per heavy atom. The summed E-state index contributed by atoms with van der Waals surface area (Å²) in [7, 11) is 0. The predicted molar refractivity (Wildman–Crippen MR) is 75.1 cm³/mol. The molecule has 0 aliphatic carbocycles. The Balaban J connectivity index is 3.07. The summed E-state index contributed by atoms with van der Waals surface area (Å²) in [4.78, 5) is 28.9. The van der Waals surface area contributed by atoms with Gasteiger partial charge in [-0.1, -0.05) is 13.8 Å². The molecule has 1 aliphatic rings. The Morgan fingerprint density at radius 1 is 0.900 bits per heavy atom. The van der Waals surface area contributed by atoms with Crippen molar-refractivity contribution in [2.75, 3.05) is 46.1 Å². The number of rotatable bonds is 6. The van der Waals surface area contributed by atoms with Crippen molar-refractivity contribution in [2.45, 2.75) is 27.7 Å². The highest BCUT2D eigenvalue weighted by atomic mass is 16.6. The molecule has 0 aromatic heterocycles. The van der Waals surface area contributed by atoms with Crippen LogP contribution in [0.5, 0.6) is 0 Å². The van der Waals surface area contributed by atoms with Gasteiger partial charge in [0.25, 0.3) is 0 Å². The Bertz CT molecular complexity index is 314. The van der Waals surface area contributed by atoms with Crippen LogP contribution in [0, 0.1) is 5.41 Å². The molecule has 1 saturated heterocycles. The fourth-order valence-corrected chi connectivity index (χ4v) is 2.50. The first kappa shape index (κ1) is 16.9. The van der Waals surface area contributed by atoms with E-state index in [1.807, 2.05) is 13.8 Å². The second-order valence-electron chi connectivity index (χ2n) is 4.95. The molecule has 0 aromatic rings. The standard InChI is InChI=1S/C14H26N2O4/c1-5-15-9-14(12(17)19-7-3,13(18)20-8-4)10-16(6-2)11-15/h5-11H2,1-4H3. The van der Waals surface area contributed by atoms with Gasteiger partial charge in [-0.3, -0.25) is 19.4 Å². The lowest BCUT2D eigenvalue weighted by atomic mass is 9.85. The molecule has 6 nitrogen and oxygen atoms in total. The zero-order valence-corrected chi connectivity index (χ0v) is 13.0. The summed E-state index contributed by atoms with van der Waals surface area (Å²) in [6.07, 6.45) is 0. The number of carbonyl (C=O) groups is 2. The molecule has 1 rings (SSSR count). The number of hydrogen-bond donors (Lipinski definition) is 0. The fourth-order valence-electron chi connectivity index (χ4n) is 2.50. The molecule has 20 heavy (non-hydrogen) atoms. The number of esters is 2. The summed E-state index contributed by atoms with van der Waals surface area (Å²) >= 11 is 0. The second-order valence-corrected chi connectivity index (χ2v) is 4.95. The Hall–Kier alpha value is -1.14. The highest BCUT2D eigenvalue weighted by Crippen LogP contribution is 2.29. The molecule has 1 heterocycles. The van der Waals surface area contributed by atoms with Crippen LogP contribution in [0.3, 0.4) is 0 Å². The van der Waals surface area contributed by atoms with Gasteiger partial charge in [-0.15, -0.1) is 0 Å². The maximum absolute atomic E-state index is 12.4. The summed E-state index contributed by atoms with van der Waals surface area (Å²) in [6, 6.07) is 0. The van der Waals surface area contributed by atoms with Crippen LogP contribution in [0.1, 0.15) is 27.7 Å². The third kappa shape index (κ3) is 3.49. The van der Waals surface area contributed by atoms with Crippen LogP contribution in [0.2, 0.25) is 0 Å². The molecule has 116 valence electrons. The number of nitrogens with zero attached hydrogens (tertiary/aromatic N) is 2. The molecule has 0 N–H and O–H groups in total. The summed E-state index contributed by atoms with van der Waals surface area (Å²) in [5, 5.41) is 0. The van der Waals surface area contributed by atoms with Gasteiger partial charge < -0.3 is 9.47 Å². The van der Waals surface area contributed by atoms with E-state index < -0.39 is 17.4 Å². The summed E-state index contributed by atoms with van der Waals surface area (Å²) in [5.74, 6) is -0.954. The SMILES string of the molecule is CCOC(=O)C1(C(=O)OCC)CN(CC)CN(CC)C1. The van der Waals surface area contributed by atoms with E-state index in [1.165, 1.54) is 0 Å². The quantitative estimate of drug-likeness (QED) is 0.529. The van der Waals surface area contributed by atoms with Crippen LogP contribution in [0.15, 0.2) is 0 Å². The van der Waals surface area contributed by atoms with Crippen molar-refractivity contribution in [3.63, 3.8) is 0 Å². The van der Waals surface area contributed by atoms with E-state index in [0.29, 0.717) is 13.1 Å². The van der Waals surface area contributed by atoms with Crippen molar-refractivity contribution in [3.8, 4) is 0 Å². The maximum Gasteiger partial charge on any atom is 0.326 e.